The van der Waals surface area contributed by atoms with Gasteiger partial charge >= 0.3 is 11.7 Å². The van der Waals surface area contributed by atoms with Crippen molar-refractivity contribution >= 4 is 23.3 Å². The summed E-state index contributed by atoms with van der Waals surface area (Å²) in [6, 6.07) is 4.93. The summed E-state index contributed by atoms with van der Waals surface area (Å²) in [7, 11) is 0. The number of phenols is 1. The topological polar surface area (TPSA) is 101 Å². The maximum atomic E-state index is 13.8. The molecule has 8 heteroatoms. The summed E-state index contributed by atoms with van der Waals surface area (Å²) in [6.45, 7) is 0. The highest BCUT2D eigenvalue weighted by molar-refractivity contribution is 6.31. The van der Waals surface area contributed by atoms with E-state index in [4.69, 9.17) is 16.7 Å². The second-order valence-electron chi connectivity index (χ2n) is 4.08. The largest absolute Gasteiger partial charge is 0.502 e. The number of nitro groups is 1. The van der Waals surface area contributed by atoms with Gasteiger partial charge in [-0.3, -0.25) is 10.1 Å². The minimum atomic E-state index is -1.30. The number of hydrogen-bond acceptors (Lipinski definition) is 4. The van der Waals surface area contributed by atoms with E-state index < -0.39 is 28.1 Å². The molecular weight excluding hydrogens is 305 g/mol. The summed E-state index contributed by atoms with van der Waals surface area (Å²) >= 11 is 5.72. The number of carboxylic acid groups (broad SMARTS) is 1. The van der Waals surface area contributed by atoms with Crippen molar-refractivity contribution in [3.63, 3.8) is 0 Å². The Morgan fingerprint density at radius 2 is 1.90 bits per heavy atom. The van der Waals surface area contributed by atoms with Crippen LogP contribution < -0.4 is 0 Å². The van der Waals surface area contributed by atoms with Crippen LogP contribution in [0.2, 0.25) is 5.02 Å². The lowest BCUT2D eigenvalue weighted by Crippen LogP contribution is -1.98. The molecule has 2 aromatic carbocycles. The first-order chi connectivity index (χ1) is 9.81. The number of benzene rings is 2. The van der Waals surface area contributed by atoms with Gasteiger partial charge in [-0.2, -0.15) is 0 Å². The number of carbonyl (C=O) groups is 1. The summed E-state index contributed by atoms with van der Waals surface area (Å²) in [5, 5.41) is 29.5. The quantitative estimate of drug-likeness (QED) is 0.667. The lowest BCUT2D eigenvalue weighted by atomic mass is 10.0. The predicted octanol–water partition coefficient (Wildman–Crippen LogP) is 3.46. The van der Waals surface area contributed by atoms with Crippen LogP contribution in [0.15, 0.2) is 30.3 Å². The average molecular weight is 312 g/mol. The normalized spacial score (nSPS) is 10.4. The molecule has 0 saturated carbocycles. The molecule has 0 saturated heterocycles. The van der Waals surface area contributed by atoms with Crippen LogP contribution in [0.25, 0.3) is 11.1 Å². The van der Waals surface area contributed by atoms with E-state index in [0.717, 1.165) is 30.3 Å². The third kappa shape index (κ3) is 2.77. The zero-order chi connectivity index (χ0) is 15.7. The van der Waals surface area contributed by atoms with Crippen LogP contribution >= 0.6 is 11.6 Å². The van der Waals surface area contributed by atoms with Crippen molar-refractivity contribution in [3.8, 4) is 16.9 Å². The van der Waals surface area contributed by atoms with Crippen molar-refractivity contribution in [1.82, 2.24) is 0 Å². The fourth-order valence-electron chi connectivity index (χ4n) is 1.79. The van der Waals surface area contributed by atoms with E-state index in [1.54, 1.807) is 0 Å². The molecule has 0 aliphatic carbocycles. The van der Waals surface area contributed by atoms with E-state index in [0.29, 0.717) is 0 Å². The Morgan fingerprint density at radius 1 is 1.24 bits per heavy atom. The second kappa shape index (κ2) is 5.37. The van der Waals surface area contributed by atoms with Gasteiger partial charge in [0, 0.05) is 22.2 Å². The zero-order valence-corrected chi connectivity index (χ0v) is 11.0. The molecule has 0 amide bonds. The predicted molar refractivity (Wildman–Crippen MR) is 72.1 cm³/mol. The van der Waals surface area contributed by atoms with E-state index >= 15 is 0 Å². The van der Waals surface area contributed by atoms with Crippen molar-refractivity contribution in [2.24, 2.45) is 0 Å². The molecule has 2 aromatic rings. The molecule has 0 heterocycles. The van der Waals surface area contributed by atoms with Crippen molar-refractivity contribution < 1.29 is 24.3 Å². The van der Waals surface area contributed by atoms with Gasteiger partial charge in [0.05, 0.1) is 10.5 Å². The fourth-order valence-corrected chi connectivity index (χ4v) is 2.01. The van der Waals surface area contributed by atoms with Crippen LogP contribution in [0.4, 0.5) is 10.1 Å². The van der Waals surface area contributed by atoms with Gasteiger partial charge in [0.15, 0.2) is 0 Å². The van der Waals surface area contributed by atoms with E-state index in [1.807, 2.05) is 0 Å². The molecule has 0 spiro atoms. The molecule has 0 atom stereocenters. The number of nitro benzene ring substituents is 1. The van der Waals surface area contributed by atoms with Crippen LogP contribution in [0.5, 0.6) is 5.75 Å². The van der Waals surface area contributed by atoms with Gasteiger partial charge in [-0.1, -0.05) is 11.6 Å². The van der Waals surface area contributed by atoms with Gasteiger partial charge < -0.3 is 10.2 Å². The summed E-state index contributed by atoms with van der Waals surface area (Å²) in [4.78, 5) is 20.8. The molecule has 0 aromatic heterocycles. The SMILES string of the molecule is O=C(O)c1ccc(F)c(-c2cc(Cl)cc([N+](=O)[O-])c2O)c1. The summed E-state index contributed by atoms with van der Waals surface area (Å²) in [5.41, 5.74) is -1.47. The van der Waals surface area contributed by atoms with Crippen LogP contribution in [-0.4, -0.2) is 21.1 Å². The Labute approximate surface area is 122 Å². The van der Waals surface area contributed by atoms with Gasteiger partial charge in [0.1, 0.15) is 5.82 Å². The number of aromatic carboxylic acids is 1. The third-order valence-electron chi connectivity index (χ3n) is 2.75. The Hall–Kier alpha value is -2.67. The Morgan fingerprint density at radius 3 is 2.48 bits per heavy atom. The molecule has 0 fully saturated rings. The third-order valence-corrected chi connectivity index (χ3v) is 2.97. The summed E-state index contributed by atoms with van der Waals surface area (Å²) < 4.78 is 13.8. The molecule has 0 aliphatic rings. The highest BCUT2D eigenvalue weighted by atomic mass is 35.5. The Bertz CT molecular complexity index is 762. The first-order valence-corrected chi connectivity index (χ1v) is 5.89. The lowest BCUT2D eigenvalue weighted by molar-refractivity contribution is -0.385. The minimum Gasteiger partial charge on any atom is -0.502 e. The molecule has 2 N–H and O–H groups in total. The maximum Gasteiger partial charge on any atom is 0.335 e. The number of nitrogens with zero attached hydrogens (tertiary/aromatic N) is 1. The number of hydrogen-bond donors (Lipinski definition) is 2. The molecule has 0 bridgehead atoms. The molecule has 0 radical (unpaired) electrons. The fraction of sp³-hybridized carbons (Fsp3) is 0. The van der Waals surface area contributed by atoms with E-state index in [1.165, 1.54) is 0 Å². The molecule has 6 nitrogen and oxygen atoms in total. The van der Waals surface area contributed by atoms with Crippen molar-refractivity contribution in [3.05, 3.63) is 56.8 Å². The molecule has 0 aliphatic heterocycles. The van der Waals surface area contributed by atoms with Crippen molar-refractivity contribution in [2.75, 3.05) is 0 Å². The summed E-state index contributed by atoms with van der Waals surface area (Å²) in [5.74, 6) is -2.93. The average Bonchev–Trinajstić information content (AvgIpc) is 2.41. The number of aromatic hydroxyl groups is 1. The zero-order valence-electron chi connectivity index (χ0n) is 10.2. The first-order valence-electron chi connectivity index (χ1n) is 5.51. The lowest BCUT2D eigenvalue weighted by Gasteiger charge is -2.08. The Kier molecular flexibility index (Phi) is 3.77. The smallest absolute Gasteiger partial charge is 0.335 e. The van der Waals surface area contributed by atoms with Crippen molar-refractivity contribution in [1.29, 1.82) is 0 Å². The van der Waals surface area contributed by atoms with E-state index in [9.17, 15) is 24.4 Å². The van der Waals surface area contributed by atoms with Crippen molar-refractivity contribution in [2.45, 2.75) is 0 Å². The highest BCUT2D eigenvalue weighted by Crippen LogP contribution is 2.40. The van der Waals surface area contributed by atoms with Gasteiger partial charge in [-0.05, 0) is 24.3 Å². The monoisotopic (exact) mass is 311 g/mol. The standard InChI is InChI=1S/C13H7ClFNO5/c14-7-4-9(12(17)11(5-7)16(20)21)8-3-6(13(18)19)1-2-10(8)15/h1-5,17H,(H,18,19). The molecular formula is C13H7ClFNO5. The molecule has 21 heavy (non-hydrogen) atoms. The number of halogens is 2. The van der Waals surface area contributed by atoms with Crippen LogP contribution in [-0.2, 0) is 0 Å². The van der Waals surface area contributed by atoms with Gasteiger partial charge in [-0.15, -0.1) is 0 Å². The highest BCUT2D eigenvalue weighted by Gasteiger charge is 2.22. The van der Waals surface area contributed by atoms with Gasteiger partial charge in [0.25, 0.3) is 0 Å². The molecule has 108 valence electrons. The molecule has 0 unspecified atom stereocenters. The van der Waals surface area contributed by atoms with Crippen LogP contribution in [0.3, 0.4) is 0 Å². The maximum absolute atomic E-state index is 13.8. The number of phenolic OH excluding ortho intramolecular Hbond substituents is 1. The van der Waals surface area contributed by atoms with Crippen LogP contribution in [0.1, 0.15) is 10.4 Å². The van der Waals surface area contributed by atoms with Gasteiger partial charge in [0.2, 0.25) is 5.75 Å². The van der Waals surface area contributed by atoms with Crippen LogP contribution in [0, 0.1) is 15.9 Å². The van der Waals surface area contributed by atoms with Gasteiger partial charge in [-0.25, -0.2) is 9.18 Å². The second-order valence-corrected chi connectivity index (χ2v) is 4.51. The first kappa shape index (κ1) is 14.7. The molecule has 2 rings (SSSR count). The summed E-state index contributed by atoms with van der Waals surface area (Å²) in [6.07, 6.45) is 0. The van der Waals surface area contributed by atoms with E-state index in [-0.39, 0.29) is 21.7 Å². The number of rotatable bonds is 3. The minimum absolute atomic E-state index is 0.0883. The Balaban J connectivity index is 2.75. The number of carboxylic acids is 1. The van der Waals surface area contributed by atoms with E-state index in [2.05, 4.69) is 0 Å².